The lowest BCUT2D eigenvalue weighted by Crippen LogP contribution is -2.15. The Hall–Kier alpha value is -1.57. The molecule has 1 aliphatic rings. The molecular formula is C16H20O2. The lowest BCUT2D eigenvalue weighted by atomic mass is 9.82. The molecule has 2 nitrogen and oxygen atoms in total. The predicted octanol–water partition coefficient (Wildman–Crippen LogP) is 4.08. The Morgan fingerprint density at radius 2 is 2.17 bits per heavy atom. The third-order valence-electron chi connectivity index (χ3n) is 3.71. The van der Waals surface area contributed by atoms with Crippen molar-refractivity contribution < 1.29 is 9.90 Å². The molecule has 2 heteroatoms. The smallest absolute Gasteiger partial charge is 0.303 e. The number of carboxylic acids is 1. The van der Waals surface area contributed by atoms with Crippen LogP contribution in [0.1, 0.15) is 49.7 Å². The summed E-state index contributed by atoms with van der Waals surface area (Å²) < 4.78 is 0. The number of carbonyl (C=O) groups is 1. The van der Waals surface area contributed by atoms with E-state index in [-0.39, 0.29) is 18.3 Å². The van der Waals surface area contributed by atoms with Gasteiger partial charge >= 0.3 is 5.97 Å². The summed E-state index contributed by atoms with van der Waals surface area (Å²) in [7, 11) is 0. The van der Waals surface area contributed by atoms with Gasteiger partial charge in [-0.15, -0.1) is 0 Å². The first kappa shape index (κ1) is 12.9. The van der Waals surface area contributed by atoms with Crippen LogP contribution in [0, 0.1) is 5.92 Å². The summed E-state index contributed by atoms with van der Waals surface area (Å²) >= 11 is 0. The molecule has 2 rings (SSSR count). The van der Waals surface area contributed by atoms with E-state index in [4.69, 9.17) is 5.11 Å². The van der Waals surface area contributed by atoms with Gasteiger partial charge in [0.15, 0.2) is 0 Å². The standard InChI is InChI=1S/C16H20O2/c1-2-3-6-13(11-16(17)18)15-10-9-12-7-4-5-8-14(12)15/h4-5,7-10,13,15H,2-3,6,11H2,1H3,(H,17,18). The van der Waals surface area contributed by atoms with Gasteiger partial charge in [-0.1, -0.05) is 56.2 Å². The van der Waals surface area contributed by atoms with Gasteiger partial charge in [0, 0.05) is 12.3 Å². The Bertz CT molecular complexity index is 448. The van der Waals surface area contributed by atoms with E-state index < -0.39 is 5.97 Å². The molecule has 0 fully saturated rings. The Morgan fingerprint density at radius 1 is 1.39 bits per heavy atom. The van der Waals surface area contributed by atoms with Crippen LogP contribution in [0.15, 0.2) is 30.3 Å². The molecule has 0 heterocycles. The van der Waals surface area contributed by atoms with Gasteiger partial charge in [-0.25, -0.2) is 0 Å². The zero-order valence-corrected chi connectivity index (χ0v) is 10.8. The summed E-state index contributed by atoms with van der Waals surface area (Å²) in [4.78, 5) is 11.0. The second-order valence-electron chi connectivity index (χ2n) is 5.01. The molecule has 0 radical (unpaired) electrons. The normalized spacial score (nSPS) is 18.6. The van der Waals surface area contributed by atoms with Crippen LogP contribution < -0.4 is 0 Å². The molecule has 2 atom stereocenters. The average Bonchev–Trinajstić information content (AvgIpc) is 2.78. The van der Waals surface area contributed by atoms with Gasteiger partial charge in [-0.3, -0.25) is 4.79 Å². The minimum absolute atomic E-state index is 0.224. The Kier molecular flexibility index (Phi) is 4.19. The molecule has 18 heavy (non-hydrogen) atoms. The van der Waals surface area contributed by atoms with Crippen LogP contribution in [0.4, 0.5) is 0 Å². The number of allylic oxidation sites excluding steroid dienone is 1. The van der Waals surface area contributed by atoms with Crippen molar-refractivity contribution in [2.75, 3.05) is 0 Å². The van der Waals surface area contributed by atoms with Gasteiger partial charge < -0.3 is 5.11 Å². The first-order valence-corrected chi connectivity index (χ1v) is 6.71. The van der Waals surface area contributed by atoms with Gasteiger partial charge in [0.2, 0.25) is 0 Å². The molecule has 0 aromatic heterocycles. The summed E-state index contributed by atoms with van der Waals surface area (Å²) in [5.41, 5.74) is 2.54. The van der Waals surface area contributed by atoms with Crippen LogP contribution in [0.5, 0.6) is 0 Å². The summed E-state index contributed by atoms with van der Waals surface area (Å²) in [6.07, 6.45) is 7.78. The average molecular weight is 244 g/mol. The van der Waals surface area contributed by atoms with Gasteiger partial charge in [0.1, 0.15) is 0 Å². The summed E-state index contributed by atoms with van der Waals surface area (Å²) in [6.45, 7) is 2.15. The number of carboxylic acid groups (broad SMARTS) is 1. The summed E-state index contributed by atoms with van der Waals surface area (Å²) in [5.74, 6) is -0.180. The monoisotopic (exact) mass is 244 g/mol. The van der Waals surface area contributed by atoms with Crippen LogP contribution in [0.25, 0.3) is 6.08 Å². The van der Waals surface area contributed by atoms with Gasteiger partial charge in [-0.05, 0) is 23.5 Å². The number of fused-ring (bicyclic) bond motifs is 1. The maximum absolute atomic E-state index is 11.0. The van der Waals surface area contributed by atoms with E-state index in [1.54, 1.807) is 0 Å². The van der Waals surface area contributed by atoms with E-state index in [9.17, 15) is 4.79 Å². The van der Waals surface area contributed by atoms with Crippen molar-refractivity contribution in [3.63, 3.8) is 0 Å². The SMILES string of the molecule is CCCCC(CC(=O)O)C1C=Cc2ccccc21. The molecule has 1 aromatic rings. The van der Waals surface area contributed by atoms with Crippen LogP contribution in [0.3, 0.4) is 0 Å². The lowest BCUT2D eigenvalue weighted by Gasteiger charge is -2.22. The summed E-state index contributed by atoms with van der Waals surface area (Å²) in [6, 6.07) is 8.30. The van der Waals surface area contributed by atoms with Crippen molar-refractivity contribution in [3.8, 4) is 0 Å². The maximum atomic E-state index is 11.0. The molecule has 0 aliphatic heterocycles. The third kappa shape index (κ3) is 2.81. The second-order valence-corrected chi connectivity index (χ2v) is 5.01. The van der Waals surface area contributed by atoms with Crippen LogP contribution in [-0.4, -0.2) is 11.1 Å². The number of unbranched alkanes of at least 4 members (excludes halogenated alkanes) is 1. The number of hydrogen-bond donors (Lipinski definition) is 1. The molecular weight excluding hydrogens is 224 g/mol. The quantitative estimate of drug-likeness (QED) is 0.818. The minimum atomic E-state index is -0.686. The van der Waals surface area contributed by atoms with Crippen molar-refractivity contribution in [1.82, 2.24) is 0 Å². The lowest BCUT2D eigenvalue weighted by molar-refractivity contribution is -0.138. The fraction of sp³-hybridized carbons (Fsp3) is 0.438. The van der Waals surface area contributed by atoms with Crippen molar-refractivity contribution >= 4 is 12.0 Å². The van der Waals surface area contributed by atoms with Crippen molar-refractivity contribution in [2.45, 2.75) is 38.5 Å². The van der Waals surface area contributed by atoms with Gasteiger partial charge in [0.25, 0.3) is 0 Å². The van der Waals surface area contributed by atoms with E-state index in [0.29, 0.717) is 0 Å². The van der Waals surface area contributed by atoms with Crippen LogP contribution >= 0.6 is 0 Å². The number of aliphatic carboxylic acids is 1. The van der Waals surface area contributed by atoms with E-state index in [2.05, 4.69) is 31.2 Å². The largest absolute Gasteiger partial charge is 0.481 e. The van der Waals surface area contributed by atoms with Crippen molar-refractivity contribution in [2.24, 2.45) is 5.92 Å². The predicted molar refractivity (Wildman–Crippen MR) is 73.5 cm³/mol. The fourth-order valence-electron chi connectivity index (χ4n) is 2.79. The summed E-state index contributed by atoms with van der Waals surface area (Å²) in [5, 5.41) is 9.07. The minimum Gasteiger partial charge on any atom is -0.481 e. The Labute approximate surface area is 108 Å². The number of benzene rings is 1. The highest BCUT2D eigenvalue weighted by Gasteiger charge is 2.27. The molecule has 96 valence electrons. The molecule has 1 aliphatic carbocycles. The number of rotatable bonds is 6. The maximum Gasteiger partial charge on any atom is 0.303 e. The first-order chi connectivity index (χ1) is 8.72. The van der Waals surface area contributed by atoms with E-state index in [1.165, 1.54) is 11.1 Å². The number of hydrogen-bond acceptors (Lipinski definition) is 1. The van der Waals surface area contributed by atoms with Gasteiger partial charge in [-0.2, -0.15) is 0 Å². The molecule has 0 saturated carbocycles. The molecule has 0 amide bonds. The molecule has 2 unspecified atom stereocenters. The third-order valence-corrected chi connectivity index (χ3v) is 3.71. The first-order valence-electron chi connectivity index (χ1n) is 6.71. The molecule has 1 N–H and O–H groups in total. The molecule has 0 saturated heterocycles. The molecule has 0 spiro atoms. The van der Waals surface area contributed by atoms with E-state index >= 15 is 0 Å². The van der Waals surface area contributed by atoms with Crippen LogP contribution in [0.2, 0.25) is 0 Å². The Morgan fingerprint density at radius 3 is 2.89 bits per heavy atom. The van der Waals surface area contributed by atoms with E-state index in [1.807, 2.05) is 12.1 Å². The Balaban J connectivity index is 2.16. The molecule has 0 bridgehead atoms. The fourth-order valence-corrected chi connectivity index (χ4v) is 2.79. The highest BCUT2D eigenvalue weighted by Crippen LogP contribution is 2.39. The van der Waals surface area contributed by atoms with E-state index in [0.717, 1.165) is 19.3 Å². The highest BCUT2D eigenvalue weighted by atomic mass is 16.4. The zero-order valence-electron chi connectivity index (χ0n) is 10.8. The van der Waals surface area contributed by atoms with Gasteiger partial charge in [0.05, 0.1) is 0 Å². The van der Waals surface area contributed by atoms with Crippen molar-refractivity contribution in [3.05, 3.63) is 41.5 Å². The topological polar surface area (TPSA) is 37.3 Å². The molecule has 1 aromatic carbocycles. The zero-order chi connectivity index (χ0) is 13.0. The second kappa shape index (κ2) is 5.85. The van der Waals surface area contributed by atoms with Crippen LogP contribution in [-0.2, 0) is 4.79 Å². The highest BCUT2D eigenvalue weighted by molar-refractivity contribution is 5.68. The van der Waals surface area contributed by atoms with Crippen molar-refractivity contribution in [1.29, 1.82) is 0 Å².